The summed E-state index contributed by atoms with van der Waals surface area (Å²) in [5.41, 5.74) is 0.345. The van der Waals surface area contributed by atoms with E-state index in [0.29, 0.717) is 12.1 Å². The summed E-state index contributed by atoms with van der Waals surface area (Å²) in [5, 5.41) is 3.89. The average Bonchev–Trinajstić information content (AvgIpc) is 2.48. The second-order valence-electron chi connectivity index (χ2n) is 3.08. The molecule has 5 nitrogen and oxygen atoms in total. The Morgan fingerprint density at radius 2 is 2.21 bits per heavy atom. The molecule has 0 radical (unpaired) electrons. The van der Waals surface area contributed by atoms with Crippen LogP contribution in [-0.4, -0.2) is 36.0 Å². The lowest BCUT2D eigenvalue weighted by Gasteiger charge is -1.94. The molecule has 0 aromatic carbocycles. The molecule has 1 rings (SSSR count). The summed E-state index contributed by atoms with van der Waals surface area (Å²) in [5.74, 6) is -0.866. The van der Waals surface area contributed by atoms with E-state index in [4.69, 9.17) is 0 Å². The van der Waals surface area contributed by atoms with Crippen LogP contribution in [0.2, 0.25) is 0 Å². The van der Waals surface area contributed by atoms with Crippen LogP contribution in [0.5, 0.6) is 0 Å². The van der Waals surface area contributed by atoms with Crippen LogP contribution in [-0.2, 0) is 16.4 Å². The lowest BCUT2D eigenvalue weighted by Crippen LogP contribution is -2.13. The van der Waals surface area contributed by atoms with E-state index in [1.165, 1.54) is 6.20 Å². The van der Waals surface area contributed by atoms with Crippen LogP contribution in [0.15, 0.2) is 12.4 Å². The van der Waals surface area contributed by atoms with Crippen molar-refractivity contribution in [2.45, 2.75) is 13.5 Å². The van der Waals surface area contributed by atoms with Crippen molar-refractivity contribution < 1.29 is 13.2 Å². The molecule has 0 spiro atoms. The molecule has 14 heavy (non-hydrogen) atoms. The van der Waals surface area contributed by atoms with Crippen LogP contribution in [0.4, 0.5) is 0 Å². The van der Waals surface area contributed by atoms with Gasteiger partial charge in [-0.05, 0) is 6.92 Å². The smallest absolute Gasteiger partial charge is 0.181 e. The number of hydrogen-bond donors (Lipinski definition) is 0. The Balaban J connectivity index is 2.80. The van der Waals surface area contributed by atoms with E-state index in [9.17, 15) is 13.2 Å². The van der Waals surface area contributed by atoms with Crippen LogP contribution in [0.3, 0.4) is 0 Å². The third kappa shape index (κ3) is 2.95. The SMILES string of the molecule is CCn1cc(C(=O)CS(C)(=O)=O)cn1. The maximum Gasteiger partial charge on any atom is 0.181 e. The van der Waals surface area contributed by atoms with E-state index in [1.807, 2.05) is 6.92 Å². The van der Waals surface area contributed by atoms with Crippen molar-refractivity contribution in [3.05, 3.63) is 18.0 Å². The number of aromatic nitrogens is 2. The Labute approximate surface area is 82.7 Å². The minimum absolute atomic E-state index is 0.345. The van der Waals surface area contributed by atoms with Gasteiger partial charge in [-0.25, -0.2) is 8.42 Å². The number of ketones is 1. The molecule has 0 aliphatic heterocycles. The van der Waals surface area contributed by atoms with Gasteiger partial charge < -0.3 is 0 Å². The first-order valence-corrected chi connectivity index (χ1v) is 6.22. The summed E-state index contributed by atoms with van der Waals surface area (Å²) in [6, 6.07) is 0. The minimum atomic E-state index is -3.26. The monoisotopic (exact) mass is 216 g/mol. The first-order chi connectivity index (χ1) is 6.42. The second-order valence-corrected chi connectivity index (χ2v) is 5.22. The highest BCUT2D eigenvalue weighted by atomic mass is 32.2. The lowest BCUT2D eigenvalue weighted by atomic mass is 10.3. The van der Waals surface area contributed by atoms with E-state index in [-0.39, 0.29) is 0 Å². The summed E-state index contributed by atoms with van der Waals surface area (Å²) >= 11 is 0. The Hall–Kier alpha value is -1.17. The second kappa shape index (κ2) is 3.91. The lowest BCUT2D eigenvalue weighted by molar-refractivity contribution is 0.102. The average molecular weight is 216 g/mol. The van der Waals surface area contributed by atoms with Gasteiger partial charge in [0.1, 0.15) is 5.75 Å². The van der Waals surface area contributed by atoms with E-state index >= 15 is 0 Å². The number of aryl methyl sites for hydroxylation is 1. The fourth-order valence-corrected chi connectivity index (χ4v) is 1.64. The number of Topliss-reactive ketones (excluding diaryl/α,β-unsaturated/α-hetero) is 1. The molecule has 6 heteroatoms. The molecule has 0 saturated heterocycles. The summed E-state index contributed by atoms with van der Waals surface area (Å²) in [7, 11) is -3.26. The number of sulfone groups is 1. The van der Waals surface area contributed by atoms with Crippen molar-refractivity contribution in [3.63, 3.8) is 0 Å². The fourth-order valence-electron chi connectivity index (χ4n) is 1.00. The maximum atomic E-state index is 11.4. The molecular formula is C8H12N2O3S. The number of rotatable bonds is 4. The highest BCUT2D eigenvalue weighted by Gasteiger charge is 2.14. The zero-order chi connectivity index (χ0) is 10.8. The van der Waals surface area contributed by atoms with E-state index in [2.05, 4.69) is 5.10 Å². The highest BCUT2D eigenvalue weighted by Crippen LogP contribution is 2.01. The molecule has 0 saturated carbocycles. The van der Waals surface area contributed by atoms with Crippen LogP contribution < -0.4 is 0 Å². The van der Waals surface area contributed by atoms with E-state index in [0.717, 1.165) is 6.26 Å². The standard InChI is InChI=1S/C8H12N2O3S/c1-3-10-5-7(4-9-10)8(11)6-14(2,12)13/h4-5H,3,6H2,1-2H3. The van der Waals surface area contributed by atoms with E-state index < -0.39 is 21.4 Å². The third-order valence-corrected chi connectivity index (χ3v) is 2.46. The molecule has 0 unspecified atom stereocenters. The Morgan fingerprint density at radius 1 is 1.57 bits per heavy atom. The summed E-state index contributed by atoms with van der Waals surface area (Å²) in [6.07, 6.45) is 3.97. The zero-order valence-electron chi connectivity index (χ0n) is 8.10. The number of hydrogen-bond acceptors (Lipinski definition) is 4. The maximum absolute atomic E-state index is 11.4. The molecule has 0 aliphatic rings. The normalized spacial score (nSPS) is 11.6. The summed E-state index contributed by atoms with van der Waals surface area (Å²) < 4.78 is 23.3. The van der Waals surface area contributed by atoms with Gasteiger partial charge in [-0.1, -0.05) is 0 Å². The van der Waals surface area contributed by atoms with Gasteiger partial charge >= 0.3 is 0 Å². The Bertz CT molecular complexity index is 433. The van der Waals surface area contributed by atoms with Crippen molar-refractivity contribution in [2.75, 3.05) is 12.0 Å². The van der Waals surface area contributed by atoms with Crippen LogP contribution in [0, 0.1) is 0 Å². The first kappa shape index (κ1) is 10.9. The van der Waals surface area contributed by atoms with Crippen LogP contribution in [0.1, 0.15) is 17.3 Å². The van der Waals surface area contributed by atoms with Gasteiger partial charge in [0.05, 0.1) is 11.8 Å². The predicted molar refractivity (Wildman–Crippen MR) is 51.9 cm³/mol. The molecule has 1 aromatic rings. The molecule has 0 aliphatic carbocycles. The Kier molecular flexibility index (Phi) is 3.05. The Morgan fingerprint density at radius 3 is 2.64 bits per heavy atom. The van der Waals surface area contributed by atoms with Crippen molar-refractivity contribution in [1.82, 2.24) is 9.78 Å². The van der Waals surface area contributed by atoms with Gasteiger partial charge in [0, 0.05) is 19.0 Å². The van der Waals surface area contributed by atoms with E-state index in [1.54, 1.807) is 10.9 Å². The molecule has 0 fully saturated rings. The van der Waals surface area contributed by atoms with Crippen LogP contribution in [0.25, 0.3) is 0 Å². The predicted octanol–water partition coefficient (Wildman–Crippen LogP) is 0.130. The summed E-state index contributed by atoms with van der Waals surface area (Å²) in [6.45, 7) is 2.55. The van der Waals surface area contributed by atoms with Gasteiger partial charge in [0.15, 0.2) is 15.6 Å². The quantitative estimate of drug-likeness (QED) is 0.671. The molecule has 0 N–H and O–H groups in total. The summed E-state index contributed by atoms with van der Waals surface area (Å²) in [4.78, 5) is 11.4. The van der Waals surface area contributed by atoms with Gasteiger partial charge in [-0.3, -0.25) is 9.48 Å². The first-order valence-electron chi connectivity index (χ1n) is 4.16. The van der Waals surface area contributed by atoms with Gasteiger partial charge in [-0.2, -0.15) is 5.10 Å². The van der Waals surface area contributed by atoms with Gasteiger partial charge in [0.25, 0.3) is 0 Å². The molecular weight excluding hydrogens is 204 g/mol. The minimum Gasteiger partial charge on any atom is -0.293 e. The van der Waals surface area contributed by atoms with Crippen molar-refractivity contribution in [3.8, 4) is 0 Å². The van der Waals surface area contributed by atoms with Crippen molar-refractivity contribution in [2.24, 2.45) is 0 Å². The number of carbonyl (C=O) groups excluding carboxylic acids is 1. The zero-order valence-corrected chi connectivity index (χ0v) is 8.91. The topological polar surface area (TPSA) is 69.0 Å². The van der Waals surface area contributed by atoms with Gasteiger partial charge in [0.2, 0.25) is 0 Å². The largest absolute Gasteiger partial charge is 0.293 e. The molecule has 0 amide bonds. The molecule has 0 atom stereocenters. The number of carbonyl (C=O) groups is 1. The molecule has 0 bridgehead atoms. The third-order valence-electron chi connectivity index (χ3n) is 1.67. The van der Waals surface area contributed by atoms with Gasteiger partial charge in [-0.15, -0.1) is 0 Å². The fraction of sp³-hybridized carbons (Fsp3) is 0.500. The molecule has 1 aromatic heterocycles. The molecule has 1 heterocycles. The highest BCUT2D eigenvalue weighted by molar-refractivity contribution is 7.91. The number of nitrogens with zero attached hydrogens (tertiary/aromatic N) is 2. The van der Waals surface area contributed by atoms with Crippen molar-refractivity contribution >= 4 is 15.6 Å². The van der Waals surface area contributed by atoms with Crippen LogP contribution >= 0.6 is 0 Å². The van der Waals surface area contributed by atoms with Crippen molar-refractivity contribution in [1.29, 1.82) is 0 Å². The molecule has 78 valence electrons.